The van der Waals surface area contributed by atoms with Crippen LogP contribution in [0.2, 0.25) is 0 Å². The molecule has 0 unspecified atom stereocenters. The van der Waals surface area contributed by atoms with E-state index in [4.69, 9.17) is 18.9 Å². The van der Waals surface area contributed by atoms with Gasteiger partial charge >= 0.3 is 5.97 Å². The molecule has 0 bridgehead atoms. The lowest BCUT2D eigenvalue weighted by molar-refractivity contribution is -0.393. The molecular formula is C15H32O4. The van der Waals surface area contributed by atoms with Crippen molar-refractivity contribution in [1.29, 1.82) is 0 Å². The Bertz CT molecular complexity index is 158. The van der Waals surface area contributed by atoms with Crippen molar-refractivity contribution in [2.45, 2.75) is 65.3 Å². The van der Waals surface area contributed by atoms with Gasteiger partial charge in [0.15, 0.2) is 0 Å². The molecule has 4 heteroatoms. The molecule has 0 amide bonds. The second kappa shape index (κ2) is 12.9. The zero-order valence-electron chi connectivity index (χ0n) is 13.2. The van der Waals surface area contributed by atoms with Crippen molar-refractivity contribution in [1.82, 2.24) is 0 Å². The Hall–Kier alpha value is -0.160. The first-order valence-corrected chi connectivity index (χ1v) is 7.65. The van der Waals surface area contributed by atoms with Gasteiger partial charge in [-0.05, 0) is 19.3 Å². The van der Waals surface area contributed by atoms with E-state index in [0.29, 0.717) is 26.4 Å². The number of ether oxygens (including phenoxy) is 4. The predicted molar refractivity (Wildman–Crippen MR) is 77.2 cm³/mol. The molecule has 0 rings (SSSR count). The topological polar surface area (TPSA) is 36.9 Å². The van der Waals surface area contributed by atoms with E-state index in [1.807, 2.05) is 0 Å². The summed E-state index contributed by atoms with van der Waals surface area (Å²) in [4.78, 5) is 0. The van der Waals surface area contributed by atoms with Gasteiger partial charge in [-0.15, -0.1) is 0 Å². The molecule has 0 aromatic rings. The Balaban J connectivity index is 4.37. The first-order valence-electron chi connectivity index (χ1n) is 7.65. The van der Waals surface area contributed by atoms with Crippen LogP contribution in [0.1, 0.15) is 59.3 Å². The van der Waals surface area contributed by atoms with Crippen LogP contribution in [0.15, 0.2) is 0 Å². The minimum absolute atomic E-state index is 0.310. The van der Waals surface area contributed by atoms with Crippen molar-refractivity contribution in [2.24, 2.45) is 0 Å². The second-order valence-electron chi connectivity index (χ2n) is 4.72. The third-order valence-corrected chi connectivity index (χ3v) is 2.78. The molecule has 0 aromatic heterocycles. The third-order valence-electron chi connectivity index (χ3n) is 2.78. The first kappa shape index (κ1) is 18.8. The summed E-state index contributed by atoms with van der Waals surface area (Å²) in [6, 6.07) is 0. The number of rotatable bonds is 14. The van der Waals surface area contributed by atoms with Crippen molar-refractivity contribution in [3.63, 3.8) is 0 Å². The molecule has 0 aliphatic carbocycles. The van der Waals surface area contributed by atoms with Gasteiger partial charge in [-0.25, -0.2) is 0 Å². The summed E-state index contributed by atoms with van der Waals surface area (Å²) < 4.78 is 22.7. The molecule has 19 heavy (non-hydrogen) atoms. The van der Waals surface area contributed by atoms with Gasteiger partial charge in [-0.3, -0.25) is 0 Å². The lowest BCUT2D eigenvalue weighted by Crippen LogP contribution is -2.44. The molecule has 4 nitrogen and oxygen atoms in total. The molecule has 0 aromatic carbocycles. The van der Waals surface area contributed by atoms with E-state index in [-0.39, 0.29) is 0 Å². The largest absolute Gasteiger partial charge is 0.376 e. The Morgan fingerprint density at radius 2 is 1.05 bits per heavy atom. The summed E-state index contributed by atoms with van der Waals surface area (Å²) >= 11 is 0. The van der Waals surface area contributed by atoms with Gasteiger partial charge in [0.05, 0.1) is 19.8 Å². The lowest BCUT2D eigenvalue weighted by Gasteiger charge is -2.32. The molecule has 0 aliphatic rings. The van der Waals surface area contributed by atoms with Crippen molar-refractivity contribution in [2.75, 3.05) is 33.5 Å². The monoisotopic (exact) mass is 276 g/mol. The molecule has 0 N–H and O–H groups in total. The fourth-order valence-corrected chi connectivity index (χ4v) is 1.54. The molecule has 116 valence electrons. The van der Waals surface area contributed by atoms with Crippen LogP contribution in [0.25, 0.3) is 0 Å². The number of unbranched alkanes of at least 4 members (excludes halogenated alkanes) is 3. The van der Waals surface area contributed by atoms with E-state index >= 15 is 0 Å². The SMILES string of the molecule is CCCCOC(COC)(OCCCC)OCCCC. The Labute approximate surface area is 118 Å². The van der Waals surface area contributed by atoms with Crippen LogP contribution < -0.4 is 0 Å². The molecular weight excluding hydrogens is 244 g/mol. The lowest BCUT2D eigenvalue weighted by atomic mass is 10.3. The quantitative estimate of drug-likeness (QED) is 0.358. The van der Waals surface area contributed by atoms with Crippen LogP contribution >= 0.6 is 0 Å². The van der Waals surface area contributed by atoms with E-state index in [2.05, 4.69) is 20.8 Å². The maximum atomic E-state index is 5.83. The fraction of sp³-hybridized carbons (Fsp3) is 1.00. The summed E-state index contributed by atoms with van der Waals surface area (Å²) in [5.74, 6) is -1.02. The molecule has 0 fully saturated rings. The normalized spacial score (nSPS) is 12.0. The molecule has 0 radical (unpaired) electrons. The van der Waals surface area contributed by atoms with Crippen LogP contribution in [0, 0.1) is 0 Å². The van der Waals surface area contributed by atoms with Gasteiger partial charge < -0.3 is 18.9 Å². The number of hydrogen-bond acceptors (Lipinski definition) is 4. The molecule has 0 saturated heterocycles. The van der Waals surface area contributed by atoms with E-state index < -0.39 is 5.97 Å². The van der Waals surface area contributed by atoms with Crippen molar-refractivity contribution in [3.8, 4) is 0 Å². The summed E-state index contributed by atoms with van der Waals surface area (Å²) in [7, 11) is 1.64. The molecule has 0 spiro atoms. The minimum atomic E-state index is -1.02. The molecule has 0 saturated carbocycles. The average molecular weight is 276 g/mol. The van der Waals surface area contributed by atoms with Crippen LogP contribution in [0.5, 0.6) is 0 Å². The van der Waals surface area contributed by atoms with Crippen LogP contribution in [0.3, 0.4) is 0 Å². The minimum Gasteiger partial charge on any atom is -0.376 e. The van der Waals surface area contributed by atoms with Crippen LogP contribution in [0.4, 0.5) is 0 Å². The van der Waals surface area contributed by atoms with E-state index in [1.165, 1.54) is 0 Å². The van der Waals surface area contributed by atoms with Gasteiger partial charge in [0.2, 0.25) is 0 Å². The molecule has 0 aliphatic heterocycles. The highest BCUT2D eigenvalue weighted by molar-refractivity contribution is 4.58. The van der Waals surface area contributed by atoms with E-state index in [1.54, 1.807) is 7.11 Å². The summed E-state index contributed by atoms with van der Waals surface area (Å²) in [6.07, 6.45) is 6.27. The zero-order valence-corrected chi connectivity index (χ0v) is 13.2. The maximum absolute atomic E-state index is 5.83. The number of hydrogen-bond donors (Lipinski definition) is 0. The zero-order chi connectivity index (χ0) is 14.4. The van der Waals surface area contributed by atoms with Crippen molar-refractivity contribution < 1.29 is 18.9 Å². The molecule has 0 atom stereocenters. The summed E-state index contributed by atoms with van der Waals surface area (Å²) in [5.41, 5.74) is 0. The van der Waals surface area contributed by atoms with Crippen molar-refractivity contribution >= 4 is 0 Å². The van der Waals surface area contributed by atoms with Crippen LogP contribution in [-0.4, -0.2) is 39.5 Å². The van der Waals surface area contributed by atoms with Gasteiger partial charge in [0.25, 0.3) is 0 Å². The van der Waals surface area contributed by atoms with Gasteiger partial charge in [-0.1, -0.05) is 40.0 Å². The Morgan fingerprint density at radius 1 is 0.684 bits per heavy atom. The van der Waals surface area contributed by atoms with Gasteiger partial charge in [0, 0.05) is 7.11 Å². The Kier molecular flexibility index (Phi) is 12.7. The standard InChI is InChI=1S/C15H32O4/c1-5-8-11-17-15(14-16-4,18-12-9-6-2)19-13-10-7-3/h5-14H2,1-4H3. The predicted octanol–water partition coefficient (Wildman–Crippen LogP) is 3.74. The third kappa shape index (κ3) is 9.38. The average Bonchev–Trinajstić information content (AvgIpc) is 2.40. The van der Waals surface area contributed by atoms with Crippen molar-refractivity contribution in [3.05, 3.63) is 0 Å². The first-order chi connectivity index (χ1) is 9.24. The smallest absolute Gasteiger partial charge is 0.307 e. The maximum Gasteiger partial charge on any atom is 0.307 e. The van der Waals surface area contributed by atoms with E-state index in [9.17, 15) is 0 Å². The van der Waals surface area contributed by atoms with Crippen LogP contribution in [-0.2, 0) is 18.9 Å². The van der Waals surface area contributed by atoms with Gasteiger partial charge in [0.1, 0.15) is 6.61 Å². The molecule has 0 heterocycles. The Morgan fingerprint density at radius 3 is 1.32 bits per heavy atom. The highest BCUT2D eigenvalue weighted by Gasteiger charge is 2.33. The highest BCUT2D eigenvalue weighted by atomic mass is 16.9. The number of methoxy groups -OCH3 is 1. The second-order valence-corrected chi connectivity index (χ2v) is 4.72. The summed E-state index contributed by atoms with van der Waals surface area (Å²) in [6.45, 7) is 8.63. The van der Waals surface area contributed by atoms with E-state index in [0.717, 1.165) is 38.5 Å². The highest BCUT2D eigenvalue weighted by Crippen LogP contribution is 2.18. The summed E-state index contributed by atoms with van der Waals surface area (Å²) in [5, 5.41) is 0. The fourth-order valence-electron chi connectivity index (χ4n) is 1.54. The van der Waals surface area contributed by atoms with Gasteiger partial charge in [-0.2, -0.15) is 0 Å².